The van der Waals surface area contributed by atoms with Gasteiger partial charge in [-0.2, -0.15) is 0 Å². The van der Waals surface area contributed by atoms with Crippen molar-refractivity contribution >= 4 is 11.9 Å². The van der Waals surface area contributed by atoms with Crippen molar-refractivity contribution in [1.29, 1.82) is 0 Å². The van der Waals surface area contributed by atoms with Crippen molar-refractivity contribution in [1.82, 2.24) is 4.90 Å². The lowest BCUT2D eigenvalue weighted by atomic mass is 9.84. The van der Waals surface area contributed by atoms with Crippen LogP contribution in [0.4, 0.5) is 0 Å². The van der Waals surface area contributed by atoms with Crippen LogP contribution in [0.15, 0.2) is 24.3 Å². The van der Waals surface area contributed by atoms with Gasteiger partial charge in [-0.1, -0.05) is 18.2 Å². The molecule has 0 unspecified atom stereocenters. The van der Waals surface area contributed by atoms with Crippen molar-refractivity contribution in [3.05, 3.63) is 29.8 Å². The molecule has 0 N–H and O–H groups in total. The molecule has 1 aromatic carbocycles. The van der Waals surface area contributed by atoms with E-state index >= 15 is 0 Å². The van der Waals surface area contributed by atoms with E-state index in [1.807, 2.05) is 19.1 Å². The summed E-state index contributed by atoms with van der Waals surface area (Å²) in [6.45, 7) is 2.31. The molecule has 108 valence electrons. The molecule has 0 aromatic heterocycles. The molecule has 20 heavy (non-hydrogen) atoms. The largest absolute Gasteiger partial charge is 0.550 e. The van der Waals surface area contributed by atoms with Crippen LogP contribution in [0.1, 0.15) is 31.4 Å². The number of piperidine rings is 1. The number of rotatable bonds is 4. The van der Waals surface area contributed by atoms with Crippen LogP contribution in [0.3, 0.4) is 0 Å². The average molecular weight is 276 g/mol. The molecule has 0 aliphatic carbocycles. The molecule has 0 saturated carbocycles. The molecular weight excluding hydrogens is 258 g/mol. The second-order valence-corrected chi connectivity index (χ2v) is 4.83. The van der Waals surface area contributed by atoms with Gasteiger partial charge in [-0.15, -0.1) is 0 Å². The molecule has 0 spiro atoms. The third-order valence-electron chi connectivity index (χ3n) is 3.81. The van der Waals surface area contributed by atoms with Gasteiger partial charge < -0.3 is 19.5 Å². The predicted molar refractivity (Wildman–Crippen MR) is 70.9 cm³/mol. The van der Waals surface area contributed by atoms with Gasteiger partial charge in [-0.3, -0.25) is 4.79 Å². The summed E-state index contributed by atoms with van der Waals surface area (Å²) in [5.41, 5.74) is 0.721. The third-order valence-corrected chi connectivity index (χ3v) is 3.81. The predicted octanol–water partition coefficient (Wildman–Crippen LogP) is 0.745. The maximum Gasteiger partial charge on any atom is 0.223 e. The van der Waals surface area contributed by atoms with Crippen LogP contribution in [-0.4, -0.2) is 30.4 Å². The molecule has 1 heterocycles. The van der Waals surface area contributed by atoms with E-state index in [-0.39, 0.29) is 12.3 Å². The first-order chi connectivity index (χ1) is 9.60. The SMILES string of the molecule is CCN1C(=O)CC[C@H](C(=O)[O-])[C@H]1c1ccccc1OC. The lowest BCUT2D eigenvalue weighted by Gasteiger charge is -2.41. The normalized spacial score (nSPS) is 22.7. The van der Waals surface area contributed by atoms with E-state index < -0.39 is 17.9 Å². The second kappa shape index (κ2) is 5.94. The molecule has 1 amide bonds. The number of para-hydroxylation sites is 1. The Kier molecular flexibility index (Phi) is 4.27. The Labute approximate surface area is 118 Å². The molecule has 0 bridgehead atoms. The van der Waals surface area contributed by atoms with Crippen LogP contribution >= 0.6 is 0 Å². The summed E-state index contributed by atoms with van der Waals surface area (Å²) in [7, 11) is 1.54. The molecule has 0 radical (unpaired) electrons. The van der Waals surface area contributed by atoms with Crippen LogP contribution < -0.4 is 9.84 Å². The fourth-order valence-corrected chi connectivity index (χ4v) is 2.87. The Hall–Kier alpha value is -2.04. The number of aliphatic carboxylic acids is 1. The van der Waals surface area contributed by atoms with E-state index in [0.29, 0.717) is 18.7 Å². The Morgan fingerprint density at radius 1 is 1.45 bits per heavy atom. The van der Waals surface area contributed by atoms with Gasteiger partial charge in [0.25, 0.3) is 0 Å². The molecule has 2 rings (SSSR count). The minimum absolute atomic E-state index is 0.0269. The third kappa shape index (κ3) is 2.48. The van der Waals surface area contributed by atoms with Gasteiger partial charge >= 0.3 is 0 Å². The number of carboxylic acid groups (broad SMARTS) is 1. The number of hydrogen-bond donors (Lipinski definition) is 0. The highest BCUT2D eigenvalue weighted by Gasteiger charge is 2.37. The topological polar surface area (TPSA) is 69.7 Å². The summed E-state index contributed by atoms with van der Waals surface area (Å²) in [5, 5.41) is 11.4. The minimum Gasteiger partial charge on any atom is -0.550 e. The van der Waals surface area contributed by atoms with Crippen molar-refractivity contribution in [3.8, 4) is 5.75 Å². The fourth-order valence-electron chi connectivity index (χ4n) is 2.87. The molecular formula is C15H18NO4-. The molecule has 5 nitrogen and oxygen atoms in total. The van der Waals surface area contributed by atoms with E-state index in [4.69, 9.17) is 4.74 Å². The number of carbonyl (C=O) groups is 2. The van der Waals surface area contributed by atoms with Gasteiger partial charge in [-0.25, -0.2) is 0 Å². The number of nitrogens with zero attached hydrogens (tertiary/aromatic N) is 1. The summed E-state index contributed by atoms with van der Waals surface area (Å²) >= 11 is 0. The lowest BCUT2D eigenvalue weighted by Crippen LogP contribution is -2.48. The molecule has 2 atom stereocenters. The van der Waals surface area contributed by atoms with E-state index in [9.17, 15) is 14.7 Å². The maximum absolute atomic E-state index is 12.0. The molecule has 1 saturated heterocycles. The first-order valence-corrected chi connectivity index (χ1v) is 6.73. The van der Waals surface area contributed by atoms with Crippen molar-refractivity contribution in [2.45, 2.75) is 25.8 Å². The van der Waals surface area contributed by atoms with Crippen molar-refractivity contribution in [3.63, 3.8) is 0 Å². The van der Waals surface area contributed by atoms with E-state index in [1.165, 1.54) is 7.11 Å². The lowest BCUT2D eigenvalue weighted by molar-refractivity contribution is -0.314. The van der Waals surface area contributed by atoms with Crippen LogP contribution in [0.25, 0.3) is 0 Å². The number of amides is 1. The minimum atomic E-state index is -1.12. The highest BCUT2D eigenvalue weighted by molar-refractivity contribution is 5.81. The molecule has 1 aliphatic heterocycles. The standard InChI is InChI=1S/C15H19NO4/c1-3-16-13(17)9-8-11(15(18)19)14(16)10-6-4-5-7-12(10)20-2/h4-7,11,14H,3,8-9H2,1-2H3,(H,18,19)/p-1/t11-,14+/m0/s1. The molecule has 1 aromatic rings. The van der Waals surface area contributed by atoms with Crippen LogP contribution in [0.5, 0.6) is 5.75 Å². The molecule has 5 heteroatoms. The first-order valence-electron chi connectivity index (χ1n) is 6.73. The molecule has 1 aliphatic rings. The van der Waals surface area contributed by atoms with Gasteiger partial charge in [-0.05, 0) is 19.4 Å². The number of ether oxygens (including phenoxy) is 1. The highest BCUT2D eigenvalue weighted by Crippen LogP contribution is 2.40. The first kappa shape index (κ1) is 14.4. The second-order valence-electron chi connectivity index (χ2n) is 4.83. The summed E-state index contributed by atoms with van der Waals surface area (Å²) in [6, 6.07) is 6.69. The van der Waals surface area contributed by atoms with Gasteiger partial charge in [0.15, 0.2) is 0 Å². The van der Waals surface area contributed by atoms with E-state index in [2.05, 4.69) is 0 Å². The van der Waals surface area contributed by atoms with Crippen molar-refractivity contribution in [2.75, 3.05) is 13.7 Å². The fraction of sp³-hybridized carbons (Fsp3) is 0.467. The Balaban J connectivity index is 2.49. The maximum atomic E-state index is 12.0. The average Bonchev–Trinajstić information content (AvgIpc) is 2.46. The van der Waals surface area contributed by atoms with E-state index in [0.717, 1.165) is 5.56 Å². The van der Waals surface area contributed by atoms with Gasteiger partial charge in [0.05, 0.1) is 13.2 Å². The monoisotopic (exact) mass is 276 g/mol. The number of benzene rings is 1. The van der Waals surface area contributed by atoms with Gasteiger partial charge in [0.2, 0.25) is 5.91 Å². The summed E-state index contributed by atoms with van der Waals surface area (Å²) in [6.07, 6.45) is 0.554. The zero-order chi connectivity index (χ0) is 14.7. The summed E-state index contributed by atoms with van der Waals surface area (Å²) < 4.78 is 5.30. The van der Waals surface area contributed by atoms with E-state index in [1.54, 1.807) is 17.0 Å². The smallest absolute Gasteiger partial charge is 0.223 e. The van der Waals surface area contributed by atoms with Crippen LogP contribution in [-0.2, 0) is 9.59 Å². The molecule has 1 fully saturated rings. The van der Waals surface area contributed by atoms with Crippen LogP contribution in [0, 0.1) is 5.92 Å². The highest BCUT2D eigenvalue weighted by atomic mass is 16.5. The van der Waals surface area contributed by atoms with Crippen molar-refractivity contribution < 1.29 is 19.4 Å². The van der Waals surface area contributed by atoms with Gasteiger partial charge in [0.1, 0.15) is 5.75 Å². The number of methoxy groups -OCH3 is 1. The zero-order valence-electron chi connectivity index (χ0n) is 11.7. The number of likely N-dealkylation sites (tertiary alicyclic amines) is 1. The Morgan fingerprint density at radius 2 is 2.15 bits per heavy atom. The number of carboxylic acids is 1. The number of hydrogen-bond acceptors (Lipinski definition) is 4. The number of carbonyl (C=O) groups excluding carboxylic acids is 2. The Morgan fingerprint density at radius 3 is 2.75 bits per heavy atom. The Bertz CT molecular complexity index is 512. The van der Waals surface area contributed by atoms with Gasteiger partial charge in [0, 0.05) is 30.4 Å². The summed E-state index contributed by atoms with van der Waals surface area (Å²) in [5.74, 6) is -1.26. The quantitative estimate of drug-likeness (QED) is 0.813. The van der Waals surface area contributed by atoms with Crippen molar-refractivity contribution in [2.24, 2.45) is 5.92 Å². The zero-order valence-corrected chi connectivity index (χ0v) is 11.7. The van der Waals surface area contributed by atoms with Crippen LogP contribution in [0.2, 0.25) is 0 Å². The summed E-state index contributed by atoms with van der Waals surface area (Å²) in [4.78, 5) is 25.1.